The molecule has 3 heterocycles. The van der Waals surface area contributed by atoms with Crippen LogP contribution >= 0.6 is 0 Å². The Morgan fingerprint density at radius 1 is 0.846 bits per heavy atom. The Balaban J connectivity index is 1.14. The fraction of sp³-hybridized carbons (Fsp3) is 0.793. The molecule has 2 aliphatic rings. The number of hydroxylamine groups is 3. The Bertz CT molecular complexity index is 1330. The first kappa shape index (κ1) is 43.3. The van der Waals surface area contributed by atoms with Crippen LogP contribution in [0.2, 0.25) is 0 Å². The Hall–Kier alpha value is -3.07. The van der Waals surface area contributed by atoms with Crippen molar-refractivity contribution >= 4 is 28.2 Å². The first-order valence-corrected chi connectivity index (χ1v) is 17.9. The van der Waals surface area contributed by atoms with Crippen molar-refractivity contribution in [2.24, 2.45) is 12.0 Å². The van der Waals surface area contributed by atoms with E-state index < -0.39 is 41.1 Å². The topological polar surface area (TPSA) is 239 Å². The minimum Gasteiger partial charge on any atom is -0.382 e. The molecule has 3 rings (SSSR count). The van der Waals surface area contributed by atoms with E-state index in [0.29, 0.717) is 109 Å². The zero-order valence-corrected chi connectivity index (χ0v) is 30.5. The van der Waals surface area contributed by atoms with Gasteiger partial charge in [0.05, 0.1) is 124 Å². The number of aromatic nitrogens is 2. The van der Waals surface area contributed by atoms with E-state index in [-0.39, 0.29) is 25.6 Å². The Kier molecular flexibility index (Phi) is 20.2. The average molecular weight is 771 g/mol. The van der Waals surface area contributed by atoms with Gasteiger partial charge in [-0.15, -0.1) is 4.28 Å². The lowest BCUT2D eigenvalue weighted by atomic mass is 9.97. The number of nitrogens with one attached hydrogen (secondary N) is 1. The number of hydrogen-bond acceptors (Lipinski definition) is 17. The molecule has 298 valence electrons. The van der Waals surface area contributed by atoms with E-state index in [1.165, 1.54) is 22.8 Å². The second-order valence-corrected chi connectivity index (χ2v) is 11.8. The summed E-state index contributed by atoms with van der Waals surface area (Å²) in [6.07, 6.45) is 1.45. The highest BCUT2D eigenvalue weighted by Gasteiger charge is 2.53. The second-order valence-electron chi connectivity index (χ2n) is 10.8. The summed E-state index contributed by atoms with van der Waals surface area (Å²) in [5, 5.41) is 4.74. The number of fused-ring (bicyclic) bond motifs is 4. The van der Waals surface area contributed by atoms with Gasteiger partial charge in [0.25, 0.3) is 0 Å². The molecule has 52 heavy (non-hydrogen) atoms. The van der Waals surface area contributed by atoms with E-state index in [0.717, 1.165) is 0 Å². The van der Waals surface area contributed by atoms with Crippen LogP contribution in [0, 0.1) is 0 Å². The lowest BCUT2D eigenvalue weighted by molar-refractivity contribution is -0.154. The standard InChI is InChI=1S/C29H50N6O16S/c1-30-28(27-26-23(20-31-33(26)2)24-21-34(27)29(37)35(24)51-52(38,39)40)32-50-25(36)22-49-19-18-48-17-16-47-15-14-46-13-12-45-11-10-44-9-8-43-7-6-42-5-4-41-3/h20,24,27H,4-19,21-22H2,1-3H3,(H,30,32)(H,38,39,40)/t24-,27-/m0/s1. The predicted octanol–water partition coefficient (Wildman–Crippen LogP) is -1.16. The summed E-state index contributed by atoms with van der Waals surface area (Å²) in [7, 11) is -0.322. The monoisotopic (exact) mass is 770 g/mol. The zero-order valence-electron chi connectivity index (χ0n) is 29.7. The highest BCUT2D eigenvalue weighted by Crippen LogP contribution is 2.44. The number of aryl methyl sites for hydroxylation is 1. The SMILES string of the molecule is CN=C(NOC(=O)COCCOCCOCCOCCOCCOCCOCCOCCOC)[C@@H]1c2c(cnn2C)[C@@H]2CN1C(=O)N2OS(=O)(=O)O. The largest absolute Gasteiger partial charge is 0.418 e. The van der Waals surface area contributed by atoms with E-state index >= 15 is 0 Å². The quantitative estimate of drug-likeness (QED) is 0.0321. The van der Waals surface area contributed by atoms with E-state index in [2.05, 4.69) is 19.9 Å². The van der Waals surface area contributed by atoms with Crippen LogP contribution in [0.25, 0.3) is 0 Å². The molecule has 23 heteroatoms. The maximum absolute atomic E-state index is 13.0. The van der Waals surface area contributed by atoms with Gasteiger partial charge in [-0.1, -0.05) is 0 Å². The zero-order chi connectivity index (χ0) is 37.6. The van der Waals surface area contributed by atoms with Gasteiger partial charge in [-0.05, 0) is 0 Å². The molecule has 0 aliphatic carbocycles. The third kappa shape index (κ3) is 15.1. The molecular weight excluding hydrogens is 720 g/mol. The van der Waals surface area contributed by atoms with Gasteiger partial charge in [-0.25, -0.2) is 15.1 Å². The van der Waals surface area contributed by atoms with Gasteiger partial charge in [0.15, 0.2) is 5.84 Å². The molecule has 2 amide bonds. The molecule has 0 spiro atoms. The molecule has 1 fully saturated rings. The predicted molar refractivity (Wildman–Crippen MR) is 176 cm³/mol. The molecule has 1 aromatic rings. The molecule has 2 N–H and O–H groups in total. The number of rotatable bonds is 29. The van der Waals surface area contributed by atoms with Gasteiger partial charge in [-0.2, -0.15) is 18.6 Å². The van der Waals surface area contributed by atoms with Crippen LogP contribution in [0.5, 0.6) is 0 Å². The number of carbonyl (C=O) groups excluding carboxylic acids is 2. The lowest BCUT2D eigenvalue weighted by Crippen LogP contribution is -2.45. The normalized spacial score (nSPS) is 17.2. The summed E-state index contributed by atoms with van der Waals surface area (Å²) >= 11 is 0. The van der Waals surface area contributed by atoms with Gasteiger partial charge in [-0.3, -0.25) is 14.2 Å². The van der Waals surface area contributed by atoms with Crippen molar-refractivity contribution in [1.82, 2.24) is 25.2 Å². The van der Waals surface area contributed by atoms with E-state index in [1.807, 2.05) is 0 Å². The van der Waals surface area contributed by atoms with Crippen LogP contribution in [0.3, 0.4) is 0 Å². The third-order valence-electron chi connectivity index (χ3n) is 7.23. The number of carbonyl (C=O) groups is 2. The van der Waals surface area contributed by atoms with Crippen LogP contribution < -0.4 is 5.48 Å². The number of hydrogen-bond donors (Lipinski definition) is 2. The maximum Gasteiger partial charge on any atom is 0.418 e. The van der Waals surface area contributed by atoms with Crippen LogP contribution in [0.1, 0.15) is 23.3 Å². The molecule has 2 atom stereocenters. The summed E-state index contributed by atoms with van der Waals surface area (Å²) in [6, 6.07) is -2.65. The minimum absolute atomic E-state index is 0.00702. The second kappa shape index (κ2) is 24.3. The summed E-state index contributed by atoms with van der Waals surface area (Å²) < 4.78 is 85.9. The van der Waals surface area contributed by atoms with Crippen molar-refractivity contribution in [2.75, 3.05) is 133 Å². The molecule has 0 unspecified atom stereocenters. The molecule has 0 aromatic carbocycles. The smallest absolute Gasteiger partial charge is 0.382 e. The van der Waals surface area contributed by atoms with Crippen molar-refractivity contribution in [1.29, 1.82) is 0 Å². The molecule has 0 radical (unpaired) electrons. The molecule has 0 saturated carbocycles. The van der Waals surface area contributed by atoms with E-state index in [4.69, 9.17) is 52.0 Å². The van der Waals surface area contributed by atoms with Crippen LogP contribution in [0.4, 0.5) is 4.79 Å². The Morgan fingerprint density at radius 2 is 1.31 bits per heavy atom. The lowest BCUT2D eigenvalue weighted by Gasteiger charge is -2.31. The molecule has 2 bridgehead atoms. The molecule has 22 nitrogen and oxygen atoms in total. The van der Waals surface area contributed by atoms with Gasteiger partial charge >= 0.3 is 22.4 Å². The van der Waals surface area contributed by atoms with Crippen molar-refractivity contribution in [3.05, 3.63) is 17.5 Å². The summed E-state index contributed by atoms with van der Waals surface area (Å²) in [6.45, 7) is 6.37. The Morgan fingerprint density at radius 3 is 1.75 bits per heavy atom. The van der Waals surface area contributed by atoms with Crippen LogP contribution in [-0.2, 0) is 74.0 Å². The summed E-state index contributed by atoms with van der Waals surface area (Å²) in [4.78, 5) is 35.8. The number of amidine groups is 1. The van der Waals surface area contributed by atoms with Crippen molar-refractivity contribution < 1.29 is 74.3 Å². The van der Waals surface area contributed by atoms with Gasteiger partial charge in [0.2, 0.25) is 0 Å². The molecule has 1 aromatic heterocycles. The number of nitrogens with zero attached hydrogens (tertiary/aromatic N) is 5. The van der Waals surface area contributed by atoms with Crippen LogP contribution in [0.15, 0.2) is 11.2 Å². The number of aliphatic imine (C=N–C) groups is 1. The minimum atomic E-state index is -4.98. The average Bonchev–Trinajstić information content (AvgIpc) is 3.62. The molecule has 1 saturated heterocycles. The highest BCUT2D eigenvalue weighted by molar-refractivity contribution is 7.80. The number of urea groups is 1. The van der Waals surface area contributed by atoms with Gasteiger partial charge in [0.1, 0.15) is 18.7 Å². The van der Waals surface area contributed by atoms with Crippen molar-refractivity contribution in [3.8, 4) is 0 Å². The summed E-state index contributed by atoms with van der Waals surface area (Å²) in [5.74, 6) is -0.722. The van der Waals surface area contributed by atoms with Crippen LogP contribution in [-0.4, -0.2) is 184 Å². The number of ether oxygens (including phenoxy) is 9. The van der Waals surface area contributed by atoms with Crippen molar-refractivity contribution in [2.45, 2.75) is 12.1 Å². The third-order valence-corrected chi connectivity index (χ3v) is 7.58. The van der Waals surface area contributed by atoms with Gasteiger partial charge < -0.3 is 52.4 Å². The maximum atomic E-state index is 13.0. The molecule has 2 aliphatic heterocycles. The highest BCUT2D eigenvalue weighted by atomic mass is 32.3. The van der Waals surface area contributed by atoms with E-state index in [1.54, 1.807) is 14.2 Å². The fourth-order valence-corrected chi connectivity index (χ4v) is 5.27. The first-order chi connectivity index (χ1) is 25.2. The summed E-state index contributed by atoms with van der Waals surface area (Å²) in [5.41, 5.74) is 3.39. The van der Waals surface area contributed by atoms with Crippen molar-refractivity contribution in [3.63, 3.8) is 0 Å². The Labute approximate surface area is 302 Å². The van der Waals surface area contributed by atoms with E-state index in [9.17, 15) is 18.0 Å². The van der Waals surface area contributed by atoms with Gasteiger partial charge in [0, 0.05) is 26.8 Å². The fourth-order valence-electron chi connectivity index (χ4n) is 4.90. The molecular formula is C29H50N6O16S. The first-order valence-electron chi connectivity index (χ1n) is 16.5. The number of amides is 2. The number of methoxy groups -OCH3 is 1.